The third-order valence-corrected chi connectivity index (χ3v) is 3.41. The van der Waals surface area contributed by atoms with Gasteiger partial charge >= 0.3 is 0 Å². The molecule has 0 amide bonds. The first-order valence-corrected chi connectivity index (χ1v) is 6.68. The predicted molar refractivity (Wildman–Crippen MR) is 74.1 cm³/mol. The molecule has 0 saturated carbocycles. The fourth-order valence-corrected chi connectivity index (χ4v) is 1.85. The zero-order chi connectivity index (χ0) is 13.1. The molecule has 18 heavy (non-hydrogen) atoms. The minimum Gasteiger partial charge on any atom is -0.338 e. The van der Waals surface area contributed by atoms with Gasteiger partial charge in [-0.1, -0.05) is 47.1 Å². The molecule has 0 bridgehead atoms. The van der Waals surface area contributed by atoms with Crippen molar-refractivity contribution in [2.24, 2.45) is 0 Å². The molecule has 0 aliphatic carbocycles. The van der Waals surface area contributed by atoms with Gasteiger partial charge in [-0.2, -0.15) is 4.98 Å². The molecule has 0 spiro atoms. The molecule has 1 aromatic heterocycles. The Bertz CT molecular complexity index is 537. The Morgan fingerprint density at radius 3 is 2.83 bits per heavy atom. The van der Waals surface area contributed by atoms with E-state index in [0.717, 1.165) is 10.0 Å². The third kappa shape index (κ3) is 3.17. The smallest absolute Gasteiger partial charge is 0.240 e. The molecular weight excluding hydrogens is 294 g/mol. The number of nitrogens with zero attached hydrogens (tertiary/aromatic N) is 2. The maximum atomic E-state index is 5.20. The molecule has 96 valence electrons. The lowest BCUT2D eigenvalue weighted by Gasteiger charge is -2.03. The fraction of sp³-hybridized carbons (Fsp3) is 0.385. The molecule has 5 heteroatoms. The summed E-state index contributed by atoms with van der Waals surface area (Å²) in [5, 5.41) is 7.23. The van der Waals surface area contributed by atoms with E-state index in [4.69, 9.17) is 4.52 Å². The lowest BCUT2D eigenvalue weighted by Crippen LogP contribution is -2.21. The van der Waals surface area contributed by atoms with Crippen LogP contribution in [0.2, 0.25) is 0 Å². The Labute approximate surface area is 115 Å². The van der Waals surface area contributed by atoms with E-state index in [1.807, 2.05) is 25.1 Å². The van der Waals surface area contributed by atoms with Crippen molar-refractivity contribution >= 4 is 15.9 Å². The molecule has 4 nitrogen and oxygen atoms in total. The highest BCUT2D eigenvalue weighted by Gasteiger charge is 2.09. The average molecular weight is 310 g/mol. The van der Waals surface area contributed by atoms with E-state index < -0.39 is 0 Å². The molecular formula is C13H16BrN3O. The van der Waals surface area contributed by atoms with Crippen molar-refractivity contribution in [2.75, 3.05) is 0 Å². The summed E-state index contributed by atoms with van der Waals surface area (Å²) in [5.41, 5.74) is 2.14. The zero-order valence-corrected chi connectivity index (χ0v) is 12.3. The van der Waals surface area contributed by atoms with Crippen LogP contribution in [0.1, 0.15) is 25.3 Å². The van der Waals surface area contributed by atoms with Crippen molar-refractivity contribution in [3.05, 3.63) is 34.1 Å². The standard InChI is InChI=1S/C13H16BrN3O/c1-8(2)15-7-12-16-13(17-18-12)10-5-4-9(3)11(14)6-10/h4-6,8,15H,7H2,1-3H3. The Morgan fingerprint density at radius 2 is 2.17 bits per heavy atom. The van der Waals surface area contributed by atoms with Crippen LogP contribution >= 0.6 is 15.9 Å². The molecule has 0 aliphatic heterocycles. The van der Waals surface area contributed by atoms with E-state index >= 15 is 0 Å². The summed E-state index contributed by atoms with van der Waals surface area (Å²) in [4.78, 5) is 4.36. The third-order valence-electron chi connectivity index (χ3n) is 2.56. The normalized spacial score (nSPS) is 11.2. The maximum absolute atomic E-state index is 5.20. The van der Waals surface area contributed by atoms with E-state index in [1.165, 1.54) is 5.56 Å². The summed E-state index contributed by atoms with van der Waals surface area (Å²) in [6, 6.07) is 6.42. The van der Waals surface area contributed by atoms with Crippen molar-refractivity contribution < 1.29 is 4.52 Å². The number of hydrogen-bond acceptors (Lipinski definition) is 4. The van der Waals surface area contributed by atoms with Gasteiger partial charge in [0.1, 0.15) is 0 Å². The monoisotopic (exact) mass is 309 g/mol. The second kappa shape index (κ2) is 5.63. The largest absolute Gasteiger partial charge is 0.338 e. The predicted octanol–water partition coefficient (Wildman–Crippen LogP) is 3.31. The Hall–Kier alpha value is -1.20. The van der Waals surface area contributed by atoms with E-state index in [-0.39, 0.29) is 0 Å². The minimum absolute atomic E-state index is 0.397. The number of hydrogen-bond donors (Lipinski definition) is 1. The van der Waals surface area contributed by atoms with Gasteiger partial charge < -0.3 is 9.84 Å². The van der Waals surface area contributed by atoms with Crippen molar-refractivity contribution in [1.29, 1.82) is 0 Å². The van der Waals surface area contributed by atoms with E-state index in [0.29, 0.717) is 24.3 Å². The molecule has 2 aromatic rings. The number of rotatable bonds is 4. The molecule has 0 radical (unpaired) electrons. The van der Waals surface area contributed by atoms with E-state index in [1.54, 1.807) is 0 Å². The van der Waals surface area contributed by atoms with Gasteiger partial charge in [0, 0.05) is 16.1 Å². The number of aryl methyl sites for hydroxylation is 1. The molecule has 0 fully saturated rings. The van der Waals surface area contributed by atoms with Crippen molar-refractivity contribution in [1.82, 2.24) is 15.5 Å². The molecule has 1 aromatic carbocycles. The number of nitrogens with one attached hydrogen (secondary N) is 1. The Balaban J connectivity index is 2.16. The first-order chi connectivity index (χ1) is 8.56. The summed E-state index contributed by atoms with van der Waals surface area (Å²) in [7, 11) is 0. The van der Waals surface area contributed by atoms with Gasteiger partial charge in [0.2, 0.25) is 11.7 Å². The van der Waals surface area contributed by atoms with Gasteiger partial charge in [-0.3, -0.25) is 0 Å². The van der Waals surface area contributed by atoms with Crippen molar-refractivity contribution in [3.63, 3.8) is 0 Å². The molecule has 0 unspecified atom stereocenters. The molecule has 0 saturated heterocycles. The first-order valence-electron chi connectivity index (χ1n) is 5.89. The van der Waals surface area contributed by atoms with Crippen LogP contribution in [0, 0.1) is 6.92 Å². The summed E-state index contributed by atoms with van der Waals surface area (Å²) >= 11 is 3.50. The quantitative estimate of drug-likeness (QED) is 0.941. The van der Waals surface area contributed by atoms with Crippen LogP contribution < -0.4 is 5.32 Å². The second-order valence-corrected chi connectivity index (χ2v) is 5.37. The van der Waals surface area contributed by atoms with Gasteiger partial charge in [0.25, 0.3) is 0 Å². The van der Waals surface area contributed by atoms with Crippen LogP contribution in [-0.2, 0) is 6.54 Å². The highest BCUT2D eigenvalue weighted by atomic mass is 79.9. The topological polar surface area (TPSA) is 51.0 Å². The van der Waals surface area contributed by atoms with Gasteiger partial charge in [0.05, 0.1) is 6.54 Å². The molecule has 0 atom stereocenters. The molecule has 1 N–H and O–H groups in total. The van der Waals surface area contributed by atoms with Crippen LogP contribution in [0.3, 0.4) is 0 Å². The number of halogens is 1. The maximum Gasteiger partial charge on any atom is 0.240 e. The van der Waals surface area contributed by atoms with Gasteiger partial charge in [-0.25, -0.2) is 0 Å². The zero-order valence-electron chi connectivity index (χ0n) is 10.7. The highest BCUT2D eigenvalue weighted by Crippen LogP contribution is 2.23. The number of benzene rings is 1. The van der Waals surface area contributed by atoms with Gasteiger partial charge in [-0.05, 0) is 18.6 Å². The second-order valence-electron chi connectivity index (χ2n) is 4.51. The summed E-state index contributed by atoms with van der Waals surface area (Å²) < 4.78 is 6.25. The fourth-order valence-electron chi connectivity index (χ4n) is 1.47. The summed E-state index contributed by atoms with van der Waals surface area (Å²) in [6.45, 7) is 6.79. The lowest BCUT2D eigenvalue weighted by molar-refractivity contribution is 0.362. The molecule has 0 aliphatic rings. The summed E-state index contributed by atoms with van der Waals surface area (Å²) in [5.74, 6) is 1.23. The molecule has 1 heterocycles. The van der Waals surface area contributed by atoms with Crippen LogP contribution in [0.15, 0.2) is 27.2 Å². The highest BCUT2D eigenvalue weighted by molar-refractivity contribution is 9.10. The first kappa shape index (κ1) is 13.2. The van der Waals surface area contributed by atoms with E-state index in [2.05, 4.69) is 45.2 Å². The van der Waals surface area contributed by atoms with Crippen LogP contribution in [-0.4, -0.2) is 16.2 Å². The Kier molecular flexibility index (Phi) is 4.14. The summed E-state index contributed by atoms with van der Waals surface area (Å²) in [6.07, 6.45) is 0. The lowest BCUT2D eigenvalue weighted by atomic mass is 10.1. The minimum atomic E-state index is 0.397. The van der Waals surface area contributed by atoms with Crippen LogP contribution in [0.5, 0.6) is 0 Å². The van der Waals surface area contributed by atoms with Crippen LogP contribution in [0.25, 0.3) is 11.4 Å². The van der Waals surface area contributed by atoms with Gasteiger partial charge in [0.15, 0.2) is 0 Å². The van der Waals surface area contributed by atoms with E-state index in [9.17, 15) is 0 Å². The van der Waals surface area contributed by atoms with Gasteiger partial charge in [-0.15, -0.1) is 0 Å². The SMILES string of the molecule is Cc1ccc(-c2noc(CNC(C)C)n2)cc1Br. The Morgan fingerprint density at radius 1 is 1.39 bits per heavy atom. The number of aromatic nitrogens is 2. The van der Waals surface area contributed by atoms with Crippen LogP contribution in [0.4, 0.5) is 0 Å². The average Bonchev–Trinajstić information content (AvgIpc) is 2.79. The van der Waals surface area contributed by atoms with Crippen molar-refractivity contribution in [2.45, 2.75) is 33.4 Å². The molecule has 2 rings (SSSR count). The van der Waals surface area contributed by atoms with Crippen molar-refractivity contribution in [3.8, 4) is 11.4 Å².